The molecule has 0 radical (unpaired) electrons. The van der Waals surface area contributed by atoms with Gasteiger partial charge in [-0.3, -0.25) is 0 Å². The van der Waals surface area contributed by atoms with Crippen LogP contribution in [-0.4, -0.2) is 10.1 Å². The quantitative estimate of drug-likeness (QED) is 0.683. The van der Waals surface area contributed by atoms with Crippen LogP contribution >= 0.6 is 0 Å². The zero-order valence-corrected chi connectivity index (χ0v) is 7.41. The molecule has 0 aliphatic rings. The number of nitrogens with one attached hydrogen (secondary N) is 1. The van der Waals surface area contributed by atoms with Crippen LogP contribution in [0.1, 0.15) is 5.56 Å². The van der Waals surface area contributed by atoms with Gasteiger partial charge in [0.1, 0.15) is 5.75 Å². The standard InChI is InChI=1S/C11H11NO/c1-8-7-9(4-5-11(8)13)10-3-2-6-12-10/h2-7,12-13H,1H3. The summed E-state index contributed by atoms with van der Waals surface area (Å²) in [7, 11) is 0. The van der Waals surface area contributed by atoms with Crippen LogP contribution in [0.25, 0.3) is 11.3 Å². The van der Waals surface area contributed by atoms with E-state index < -0.39 is 0 Å². The summed E-state index contributed by atoms with van der Waals surface area (Å²) in [5.41, 5.74) is 3.07. The maximum atomic E-state index is 9.33. The summed E-state index contributed by atoms with van der Waals surface area (Å²) in [6, 6.07) is 9.53. The Morgan fingerprint density at radius 3 is 2.69 bits per heavy atom. The van der Waals surface area contributed by atoms with Gasteiger partial charge in [0.05, 0.1) is 0 Å². The summed E-state index contributed by atoms with van der Waals surface area (Å²) >= 11 is 0. The fraction of sp³-hybridized carbons (Fsp3) is 0.0909. The molecular formula is C11H11NO. The molecule has 1 aromatic carbocycles. The average molecular weight is 173 g/mol. The Balaban J connectivity index is 2.49. The number of hydrogen-bond acceptors (Lipinski definition) is 1. The number of phenols is 1. The highest BCUT2D eigenvalue weighted by molar-refractivity contribution is 5.61. The molecule has 2 heteroatoms. The minimum Gasteiger partial charge on any atom is -0.508 e. The lowest BCUT2D eigenvalue weighted by atomic mass is 10.1. The molecule has 1 heterocycles. The van der Waals surface area contributed by atoms with Crippen molar-refractivity contribution in [2.45, 2.75) is 6.92 Å². The van der Waals surface area contributed by atoms with Crippen LogP contribution in [0.4, 0.5) is 0 Å². The number of aromatic hydroxyl groups is 1. The maximum Gasteiger partial charge on any atom is 0.118 e. The first-order chi connectivity index (χ1) is 6.27. The van der Waals surface area contributed by atoms with E-state index in [2.05, 4.69) is 4.98 Å². The van der Waals surface area contributed by atoms with Crippen LogP contribution < -0.4 is 0 Å². The van der Waals surface area contributed by atoms with Gasteiger partial charge in [-0.25, -0.2) is 0 Å². The van der Waals surface area contributed by atoms with Crippen molar-refractivity contribution in [1.82, 2.24) is 4.98 Å². The predicted molar refractivity (Wildman–Crippen MR) is 52.6 cm³/mol. The summed E-state index contributed by atoms with van der Waals surface area (Å²) < 4.78 is 0. The lowest BCUT2D eigenvalue weighted by Gasteiger charge is -2.01. The van der Waals surface area contributed by atoms with Gasteiger partial charge in [0.2, 0.25) is 0 Å². The van der Waals surface area contributed by atoms with Gasteiger partial charge in [-0.2, -0.15) is 0 Å². The summed E-state index contributed by atoms with van der Waals surface area (Å²) in [5, 5.41) is 9.33. The van der Waals surface area contributed by atoms with Crippen LogP contribution in [0.5, 0.6) is 5.75 Å². The molecule has 13 heavy (non-hydrogen) atoms. The fourth-order valence-electron chi connectivity index (χ4n) is 1.33. The van der Waals surface area contributed by atoms with E-state index in [9.17, 15) is 5.11 Å². The van der Waals surface area contributed by atoms with Gasteiger partial charge in [-0.1, -0.05) is 0 Å². The van der Waals surface area contributed by atoms with E-state index >= 15 is 0 Å². The highest BCUT2D eigenvalue weighted by Gasteiger charge is 2.00. The minimum atomic E-state index is 0.343. The summed E-state index contributed by atoms with van der Waals surface area (Å²) in [4.78, 5) is 3.12. The molecule has 2 rings (SSSR count). The van der Waals surface area contributed by atoms with Crippen LogP contribution in [0.15, 0.2) is 36.5 Å². The smallest absolute Gasteiger partial charge is 0.118 e. The molecule has 0 spiro atoms. The molecule has 0 unspecified atom stereocenters. The van der Waals surface area contributed by atoms with E-state index in [-0.39, 0.29) is 0 Å². The van der Waals surface area contributed by atoms with Crippen LogP contribution in [0.3, 0.4) is 0 Å². The van der Waals surface area contributed by atoms with Gasteiger partial charge in [0.25, 0.3) is 0 Å². The van der Waals surface area contributed by atoms with Crippen molar-refractivity contribution in [1.29, 1.82) is 0 Å². The molecule has 2 nitrogen and oxygen atoms in total. The molecule has 0 saturated heterocycles. The van der Waals surface area contributed by atoms with Gasteiger partial charge in [0, 0.05) is 11.9 Å². The number of H-pyrrole nitrogens is 1. The Hall–Kier alpha value is -1.70. The number of hydrogen-bond donors (Lipinski definition) is 2. The van der Waals surface area contributed by atoms with E-state index in [0.29, 0.717) is 5.75 Å². The Morgan fingerprint density at radius 1 is 1.23 bits per heavy atom. The first-order valence-electron chi connectivity index (χ1n) is 4.21. The first kappa shape index (κ1) is 7.92. The average Bonchev–Trinajstić information content (AvgIpc) is 2.62. The predicted octanol–water partition coefficient (Wildman–Crippen LogP) is 2.70. The lowest BCUT2D eigenvalue weighted by molar-refractivity contribution is 0.471. The van der Waals surface area contributed by atoms with Crippen molar-refractivity contribution in [3.05, 3.63) is 42.1 Å². The van der Waals surface area contributed by atoms with Gasteiger partial charge in [-0.05, 0) is 48.4 Å². The van der Waals surface area contributed by atoms with Crippen molar-refractivity contribution in [2.24, 2.45) is 0 Å². The van der Waals surface area contributed by atoms with Crippen LogP contribution in [-0.2, 0) is 0 Å². The van der Waals surface area contributed by atoms with Crippen LogP contribution in [0.2, 0.25) is 0 Å². The highest BCUT2D eigenvalue weighted by Crippen LogP contribution is 2.23. The third-order valence-electron chi connectivity index (χ3n) is 2.11. The number of phenolic OH excluding ortho intramolecular Hbond substituents is 1. The maximum absolute atomic E-state index is 9.33. The Bertz CT molecular complexity index is 404. The third-order valence-corrected chi connectivity index (χ3v) is 2.11. The molecule has 0 amide bonds. The highest BCUT2D eigenvalue weighted by atomic mass is 16.3. The van der Waals surface area contributed by atoms with E-state index in [1.54, 1.807) is 6.07 Å². The topological polar surface area (TPSA) is 36.0 Å². The largest absolute Gasteiger partial charge is 0.508 e. The summed E-state index contributed by atoms with van der Waals surface area (Å²) in [5.74, 6) is 0.343. The molecule has 1 aromatic heterocycles. The van der Waals surface area contributed by atoms with Gasteiger partial charge in [0.15, 0.2) is 0 Å². The van der Waals surface area contributed by atoms with Crippen LogP contribution in [0, 0.1) is 6.92 Å². The fourth-order valence-corrected chi connectivity index (χ4v) is 1.33. The zero-order valence-electron chi connectivity index (χ0n) is 7.41. The zero-order chi connectivity index (χ0) is 9.26. The molecule has 0 atom stereocenters. The van der Waals surface area contributed by atoms with Crippen molar-refractivity contribution in [3.63, 3.8) is 0 Å². The number of benzene rings is 1. The monoisotopic (exact) mass is 173 g/mol. The molecule has 0 aliphatic carbocycles. The molecule has 0 aliphatic heterocycles. The molecule has 0 saturated carbocycles. The minimum absolute atomic E-state index is 0.343. The Kier molecular flexibility index (Phi) is 1.81. The molecule has 66 valence electrons. The molecule has 2 N–H and O–H groups in total. The SMILES string of the molecule is Cc1cc(-c2ccc[nH]2)ccc1O. The van der Waals surface area contributed by atoms with Crippen molar-refractivity contribution in [3.8, 4) is 17.0 Å². The van der Waals surface area contributed by atoms with E-state index in [1.807, 2.05) is 37.4 Å². The lowest BCUT2D eigenvalue weighted by Crippen LogP contribution is -1.79. The van der Waals surface area contributed by atoms with Gasteiger partial charge >= 0.3 is 0 Å². The number of aromatic nitrogens is 1. The van der Waals surface area contributed by atoms with E-state index in [1.165, 1.54) is 0 Å². The Labute approximate surface area is 76.9 Å². The second kappa shape index (κ2) is 2.98. The molecule has 0 fully saturated rings. The van der Waals surface area contributed by atoms with Crippen molar-refractivity contribution in [2.75, 3.05) is 0 Å². The first-order valence-corrected chi connectivity index (χ1v) is 4.21. The van der Waals surface area contributed by atoms with E-state index in [0.717, 1.165) is 16.8 Å². The summed E-state index contributed by atoms with van der Waals surface area (Å²) in [6.07, 6.45) is 1.89. The number of aromatic amines is 1. The second-order valence-corrected chi connectivity index (χ2v) is 3.09. The van der Waals surface area contributed by atoms with Crippen molar-refractivity contribution < 1.29 is 5.11 Å². The molecule has 2 aromatic rings. The normalized spacial score (nSPS) is 10.2. The number of aryl methyl sites for hydroxylation is 1. The molecule has 0 bridgehead atoms. The summed E-state index contributed by atoms with van der Waals surface area (Å²) in [6.45, 7) is 1.89. The Morgan fingerprint density at radius 2 is 2.08 bits per heavy atom. The van der Waals surface area contributed by atoms with Crippen molar-refractivity contribution >= 4 is 0 Å². The third kappa shape index (κ3) is 1.43. The van der Waals surface area contributed by atoms with Gasteiger partial charge < -0.3 is 10.1 Å². The van der Waals surface area contributed by atoms with E-state index in [4.69, 9.17) is 0 Å². The second-order valence-electron chi connectivity index (χ2n) is 3.09. The molecular weight excluding hydrogens is 162 g/mol. The van der Waals surface area contributed by atoms with Gasteiger partial charge in [-0.15, -0.1) is 0 Å². The number of rotatable bonds is 1.